The fourth-order valence-electron chi connectivity index (χ4n) is 1.79. The van der Waals surface area contributed by atoms with Crippen LogP contribution >= 0.6 is 11.8 Å². The summed E-state index contributed by atoms with van der Waals surface area (Å²) in [6, 6.07) is 4.48. The maximum atomic E-state index is 11.3. The molecular formula is C13H11N3O4S. The number of carboxylic acid groups (broad SMARTS) is 1. The van der Waals surface area contributed by atoms with Gasteiger partial charge in [-0.25, -0.2) is 9.78 Å². The zero-order valence-corrected chi connectivity index (χ0v) is 12.0. The predicted molar refractivity (Wildman–Crippen MR) is 75.7 cm³/mol. The van der Waals surface area contributed by atoms with Crippen LogP contribution in [0.2, 0.25) is 0 Å². The molecule has 0 amide bonds. The molecule has 21 heavy (non-hydrogen) atoms. The molecule has 0 atom stereocenters. The largest absolute Gasteiger partial charge is 0.478 e. The zero-order valence-electron chi connectivity index (χ0n) is 11.2. The van der Waals surface area contributed by atoms with Crippen molar-refractivity contribution < 1.29 is 14.8 Å². The van der Waals surface area contributed by atoms with Crippen molar-refractivity contribution in [3.63, 3.8) is 0 Å². The lowest BCUT2D eigenvalue weighted by molar-refractivity contribution is -0.389. The van der Waals surface area contributed by atoms with E-state index in [0.29, 0.717) is 21.2 Å². The fourth-order valence-corrected chi connectivity index (χ4v) is 2.79. The van der Waals surface area contributed by atoms with Crippen molar-refractivity contribution in [1.82, 2.24) is 9.97 Å². The molecule has 2 aromatic heterocycles. The smallest absolute Gasteiger partial charge is 0.363 e. The number of pyridine rings is 2. The minimum Gasteiger partial charge on any atom is -0.478 e. The van der Waals surface area contributed by atoms with Crippen LogP contribution in [0.25, 0.3) is 0 Å². The summed E-state index contributed by atoms with van der Waals surface area (Å²) in [5, 5.41) is 20.2. The number of hydrogen-bond acceptors (Lipinski definition) is 6. The van der Waals surface area contributed by atoms with Gasteiger partial charge in [-0.1, -0.05) is 11.8 Å². The lowest BCUT2D eigenvalue weighted by atomic mass is 10.1. The summed E-state index contributed by atoms with van der Waals surface area (Å²) in [6.07, 6.45) is 1.33. The number of carbonyl (C=O) groups is 1. The molecule has 0 aliphatic rings. The van der Waals surface area contributed by atoms with E-state index in [1.54, 1.807) is 19.9 Å². The van der Waals surface area contributed by atoms with Gasteiger partial charge in [-0.2, -0.15) is 0 Å². The summed E-state index contributed by atoms with van der Waals surface area (Å²) in [6.45, 7) is 3.48. The van der Waals surface area contributed by atoms with Gasteiger partial charge in [0.05, 0.1) is 10.5 Å². The number of nitro groups is 1. The van der Waals surface area contributed by atoms with Crippen molar-refractivity contribution in [3.05, 3.63) is 51.3 Å². The van der Waals surface area contributed by atoms with Crippen LogP contribution in [0.15, 0.2) is 34.3 Å². The van der Waals surface area contributed by atoms with Crippen LogP contribution in [0.1, 0.15) is 21.6 Å². The van der Waals surface area contributed by atoms with Crippen LogP contribution in [0.5, 0.6) is 0 Å². The first kappa shape index (κ1) is 14.9. The summed E-state index contributed by atoms with van der Waals surface area (Å²) < 4.78 is 0. The Labute approximate surface area is 124 Å². The van der Waals surface area contributed by atoms with Gasteiger partial charge in [0.25, 0.3) is 0 Å². The van der Waals surface area contributed by atoms with E-state index in [1.807, 2.05) is 0 Å². The Morgan fingerprint density at radius 3 is 2.62 bits per heavy atom. The van der Waals surface area contributed by atoms with Crippen LogP contribution in [0, 0.1) is 24.0 Å². The Morgan fingerprint density at radius 2 is 2.10 bits per heavy atom. The Kier molecular flexibility index (Phi) is 4.18. The molecule has 0 bridgehead atoms. The molecule has 0 radical (unpaired) electrons. The van der Waals surface area contributed by atoms with Crippen molar-refractivity contribution in [3.8, 4) is 0 Å². The van der Waals surface area contributed by atoms with Crippen molar-refractivity contribution in [2.45, 2.75) is 23.8 Å². The second kappa shape index (κ2) is 5.88. The third kappa shape index (κ3) is 3.34. The number of carboxylic acids is 1. The summed E-state index contributed by atoms with van der Waals surface area (Å²) in [5.41, 5.74) is 1.45. The van der Waals surface area contributed by atoms with Gasteiger partial charge in [0.1, 0.15) is 5.03 Å². The number of aromatic nitrogens is 2. The SMILES string of the molecule is Cc1cc(C)c(C(=O)O)c(Sc2ccc([N+](=O)[O-])nc2)n1. The highest BCUT2D eigenvalue weighted by molar-refractivity contribution is 7.99. The topological polar surface area (TPSA) is 106 Å². The first-order valence-electron chi connectivity index (χ1n) is 5.88. The Bertz CT molecular complexity index is 716. The van der Waals surface area contributed by atoms with Crippen LogP contribution in [-0.2, 0) is 0 Å². The summed E-state index contributed by atoms with van der Waals surface area (Å²) in [4.78, 5) is 29.8. The highest BCUT2D eigenvalue weighted by atomic mass is 32.2. The monoisotopic (exact) mass is 305 g/mol. The van der Waals surface area contributed by atoms with Gasteiger partial charge in [0.15, 0.2) is 6.20 Å². The van der Waals surface area contributed by atoms with Gasteiger partial charge in [0, 0.05) is 11.8 Å². The highest BCUT2D eigenvalue weighted by Crippen LogP contribution is 2.31. The molecule has 0 fully saturated rings. The van der Waals surface area contributed by atoms with Gasteiger partial charge in [-0.05, 0) is 41.5 Å². The zero-order chi connectivity index (χ0) is 15.6. The second-order valence-electron chi connectivity index (χ2n) is 4.28. The molecule has 7 nitrogen and oxygen atoms in total. The van der Waals surface area contributed by atoms with Gasteiger partial charge in [-0.15, -0.1) is 0 Å². The van der Waals surface area contributed by atoms with Crippen molar-refractivity contribution in [2.24, 2.45) is 0 Å². The van der Waals surface area contributed by atoms with Crippen LogP contribution in [-0.4, -0.2) is 26.0 Å². The van der Waals surface area contributed by atoms with Crippen LogP contribution in [0.4, 0.5) is 5.82 Å². The second-order valence-corrected chi connectivity index (χ2v) is 5.34. The third-order valence-corrected chi connectivity index (χ3v) is 3.61. The number of nitrogens with zero attached hydrogens (tertiary/aromatic N) is 3. The van der Waals surface area contributed by atoms with E-state index in [-0.39, 0.29) is 11.4 Å². The molecule has 2 aromatic rings. The molecule has 2 rings (SSSR count). The minimum atomic E-state index is -1.06. The number of hydrogen-bond donors (Lipinski definition) is 1. The normalized spacial score (nSPS) is 10.4. The molecule has 8 heteroatoms. The molecule has 0 saturated carbocycles. The quantitative estimate of drug-likeness (QED) is 0.683. The van der Waals surface area contributed by atoms with E-state index in [4.69, 9.17) is 0 Å². The van der Waals surface area contributed by atoms with E-state index in [1.165, 1.54) is 18.3 Å². The average Bonchev–Trinajstić information content (AvgIpc) is 2.37. The van der Waals surface area contributed by atoms with Crippen LogP contribution < -0.4 is 0 Å². The van der Waals surface area contributed by atoms with Crippen molar-refractivity contribution >= 4 is 23.5 Å². The number of aromatic carboxylic acids is 1. The average molecular weight is 305 g/mol. The molecule has 0 spiro atoms. The predicted octanol–water partition coefficient (Wildman–Crippen LogP) is 2.85. The molecule has 108 valence electrons. The molecule has 0 aliphatic carbocycles. The molecule has 0 aromatic carbocycles. The van der Waals surface area contributed by atoms with E-state index in [9.17, 15) is 20.0 Å². The van der Waals surface area contributed by atoms with Crippen LogP contribution in [0.3, 0.4) is 0 Å². The lowest BCUT2D eigenvalue weighted by Gasteiger charge is -2.08. The maximum absolute atomic E-state index is 11.3. The highest BCUT2D eigenvalue weighted by Gasteiger charge is 2.17. The molecular weight excluding hydrogens is 294 g/mol. The first-order valence-corrected chi connectivity index (χ1v) is 6.70. The molecule has 1 N–H and O–H groups in total. The number of aryl methyl sites for hydroxylation is 2. The van der Waals surface area contributed by atoms with Gasteiger partial charge < -0.3 is 15.2 Å². The van der Waals surface area contributed by atoms with E-state index < -0.39 is 10.9 Å². The van der Waals surface area contributed by atoms with E-state index in [0.717, 1.165) is 11.8 Å². The van der Waals surface area contributed by atoms with E-state index >= 15 is 0 Å². The number of rotatable bonds is 4. The molecule has 0 unspecified atom stereocenters. The minimum absolute atomic E-state index is 0.129. The van der Waals surface area contributed by atoms with Crippen molar-refractivity contribution in [1.29, 1.82) is 0 Å². The Morgan fingerprint density at radius 1 is 1.38 bits per heavy atom. The lowest BCUT2D eigenvalue weighted by Crippen LogP contribution is -2.05. The first-order chi connectivity index (χ1) is 9.88. The summed E-state index contributed by atoms with van der Waals surface area (Å²) >= 11 is 1.11. The third-order valence-electron chi connectivity index (χ3n) is 2.65. The van der Waals surface area contributed by atoms with E-state index in [2.05, 4.69) is 9.97 Å². The van der Waals surface area contributed by atoms with Gasteiger partial charge in [0.2, 0.25) is 0 Å². The van der Waals surface area contributed by atoms with Crippen molar-refractivity contribution in [2.75, 3.05) is 0 Å². The molecule has 0 saturated heterocycles. The fraction of sp³-hybridized carbons (Fsp3) is 0.154. The molecule has 0 aliphatic heterocycles. The summed E-state index contributed by atoms with van der Waals surface area (Å²) in [5.74, 6) is -1.32. The standard InChI is InChI=1S/C13H11N3O4S/c1-7-5-8(2)15-12(11(7)13(17)18)21-9-3-4-10(14-6-9)16(19)20/h3-6H,1-2H3,(H,17,18). The Balaban J connectivity index is 2.39. The van der Waals surface area contributed by atoms with Gasteiger partial charge in [-0.3, -0.25) is 0 Å². The summed E-state index contributed by atoms with van der Waals surface area (Å²) in [7, 11) is 0. The Hall–Kier alpha value is -2.48. The maximum Gasteiger partial charge on any atom is 0.363 e. The van der Waals surface area contributed by atoms with Gasteiger partial charge >= 0.3 is 11.8 Å². The molecule has 2 heterocycles.